The molecule has 28 heavy (non-hydrogen) atoms. The van der Waals surface area contributed by atoms with E-state index in [4.69, 9.17) is 23.2 Å². The van der Waals surface area contributed by atoms with Gasteiger partial charge in [-0.05, 0) is 29.2 Å². The fraction of sp³-hybridized carbons (Fsp3) is 0.182. The van der Waals surface area contributed by atoms with E-state index in [0.717, 1.165) is 11.3 Å². The summed E-state index contributed by atoms with van der Waals surface area (Å²) in [6.45, 7) is 6.55. The van der Waals surface area contributed by atoms with Gasteiger partial charge in [0.25, 0.3) is 0 Å². The lowest BCUT2D eigenvalue weighted by molar-refractivity contribution is -0.111. The summed E-state index contributed by atoms with van der Waals surface area (Å²) >= 11 is 13.6. The largest absolute Gasteiger partial charge is 0.298 e. The Morgan fingerprint density at radius 3 is 2.32 bits per heavy atom. The molecule has 3 nitrogen and oxygen atoms in total. The van der Waals surface area contributed by atoms with Crippen molar-refractivity contribution in [3.63, 3.8) is 0 Å². The first-order chi connectivity index (χ1) is 13.2. The van der Waals surface area contributed by atoms with Crippen LogP contribution in [0.3, 0.4) is 0 Å². The third-order valence-electron chi connectivity index (χ3n) is 4.18. The van der Waals surface area contributed by atoms with Crippen LogP contribution >= 0.6 is 34.5 Å². The quantitative estimate of drug-likeness (QED) is 0.449. The van der Waals surface area contributed by atoms with Gasteiger partial charge < -0.3 is 0 Å². The van der Waals surface area contributed by atoms with Crippen LogP contribution < -0.4 is 5.32 Å². The molecule has 144 valence electrons. The highest BCUT2D eigenvalue weighted by Crippen LogP contribution is 2.29. The van der Waals surface area contributed by atoms with E-state index in [9.17, 15) is 4.79 Å². The molecule has 2 aromatic carbocycles. The molecule has 0 spiro atoms. The lowest BCUT2D eigenvalue weighted by Crippen LogP contribution is -2.10. The molecule has 0 saturated carbocycles. The van der Waals surface area contributed by atoms with Crippen molar-refractivity contribution in [2.75, 3.05) is 5.32 Å². The van der Waals surface area contributed by atoms with Gasteiger partial charge in [0, 0.05) is 32.6 Å². The number of amides is 1. The lowest BCUT2D eigenvalue weighted by Gasteiger charge is -2.18. The van der Waals surface area contributed by atoms with Crippen LogP contribution in [-0.4, -0.2) is 10.9 Å². The first-order valence-corrected chi connectivity index (χ1v) is 10.4. The Morgan fingerprint density at radius 1 is 1.07 bits per heavy atom. The van der Waals surface area contributed by atoms with Gasteiger partial charge in [-0.2, -0.15) is 0 Å². The zero-order chi connectivity index (χ0) is 20.3. The van der Waals surface area contributed by atoms with Crippen molar-refractivity contribution in [3.8, 4) is 11.3 Å². The molecule has 0 atom stereocenters. The zero-order valence-corrected chi connectivity index (χ0v) is 18.1. The van der Waals surface area contributed by atoms with Crippen LogP contribution in [0.5, 0.6) is 0 Å². The van der Waals surface area contributed by atoms with E-state index in [1.807, 2.05) is 5.38 Å². The van der Waals surface area contributed by atoms with Gasteiger partial charge in [0.1, 0.15) is 0 Å². The van der Waals surface area contributed by atoms with Gasteiger partial charge in [-0.1, -0.05) is 74.3 Å². The number of carbonyl (C=O) groups excluding carboxylic acids is 1. The summed E-state index contributed by atoms with van der Waals surface area (Å²) in [5, 5.41) is 6.22. The molecule has 3 rings (SSSR count). The topological polar surface area (TPSA) is 42.0 Å². The van der Waals surface area contributed by atoms with Crippen LogP contribution in [0.15, 0.2) is 53.9 Å². The number of halogens is 2. The monoisotopic (exact) mass is 430 g/mol. The Morgan fingerprint density at radius 2 is 1.71 bits per heavy atom. The van der Waals surface area contributed by atoms with Crippen molar-refractivity contribution in [2.45, 2.75) is 26.2 Å². The second kappa shape index (κ2) is 8.48. The summed E-state index contributed by atoms with van der Waals surface area (Å²) in [6.07, 6.45) is 2.99. The molecular weight excluding hydrogens is 411 g/mol. The predicted molar refractivity (Wildman–Crippen MR) is 120 cm³/mol. The number of rotatable bonds is 4. The van der Waals surface area contributed by atoms with Gasteiger partial charge in [-0.3, -0.25) is 10.1 Å². The van der Waals surface area contributed by atoms with Crippen molar-refractivity contribution in [1.29, 1.82) is 0 Å². The van der Waals surface area contributed by atoms with Gasteiger partial charge in [-0.15, -0.1) is 11.3 Å². The highest BCUT2D eigenvalue weighted by molar-refractivity contribution is 7.14. The summed E-state index contributed by atoms with van der Waals surface area (Å²) in [6, 6.07) is 13.5. The molecule has 3 aromatic rings. The Balaban J connectivity index is 1.69. The van der Waals surface area contributed by atoms with Crippen LogP contribution in [0.2, 0.25) is 10.0 Å². The Hall–Kier alpha value is -2.14. The van der Waals surface area contributed by atoms with E-state index >= 15 is 0 Å². The van der Waals surface area contributed by atoms with Crippen molar-refractivity contribution in [2.24, 2.45) is 0 Å². The Kier molecular flexibility index (Phi) is 6.23. The van der Waals surface area contributed by atoms with E-state index < -0.39 is 0 Å². The Bertz CT molecular complexity index is 998. The lowest BCUT2D eigenvalue weighted by atomic mass is 9.86. The molecule has 0 radical (unpaired) electrons. The van der Waals surface area contributed by atoms with Crippen LogP contribution in [0.1, 0.15) is 31.9 Å². The standard InChI is InChI=1S/C22H20Cl2N2OS/c1-22(2,3)15-9-7-14(8-10-15)19-13-28-21(25-19)26-20(27)12-11-16-17(23)5-4-6-18(16)24/h4-13H,1-3H3,(H,25,26,27)/b12-11+. The number of aromatic nitrogens is 1. The average molecular weight is 431 g/mol. The number of hydrogen-bond acceptors (Lipinski definition) is 3. The van der Waals surface area contributed by atoms with E-state index in [2.05, 4.69) is 55.3 Å². The third kappa shape index (κ3) is 5.02. The van der Waals surface area contributed by atoms with E-state index in [1.54, 1.807) is 24.3 Å². The van der Waals surface area contributed by atoms with Gasteiger partial charge in [-0.25, -0.2) is 4.98 Å². The normalized spacial score (nSPS) is 11.8. The number of carbonyl (C=O) groups is 1. The fourth-order valence-electron chi connectivity index (χ4n) is 2.58. The summed E-state index contributed by atoms with van der Waals surface area (Å²) in [5.41, 5.74) is 3.83. The highest BCUT2D eigenvalue weighted by Gasteiger charge is 2.14. The van der Waals surface area contributed by atoms with Crippen molar-refractivity contribution >= 4 is 51.7 Å². The first-order valence-electron chi connectivity index (χ1n) is 8.73. The molecule has 0 aliphatic carbocycles. The number of nitrogens with one attached hydrogen (secondary N) is 1. The molecular formula is C22H20Cl2N2OS. The van der Waals surface area contributed by atoms with Gasteiger partial charge in [0.05, 0.1) is 5.69 Å². The molecule has 1 amide bonds. The molecule has 0 fully saturated rings. The maximum absolute atomic E-state index is 12.2. The minimum atomic E-state index is -0.292. The molecule has 0 saturated heterocycles. The second-order valence-electron chi connectivity index (χ2n) is 7.32. The number of anilines is 1. The van der Waals surface area contributed by atoms with Gasteiger partial charge in [0.15, 0.2) is 5.13 Å². The number of thiazole rings is 1. The number of benzene rings is 2. The molecule has 1 aromatic heterocycles. The summed E-state index contributed by atoms with van der Waals surface area (Å²) in [4.78, 5) is 16.7. The first kappa shape index (κ1) is 20.6. The molecule has 0 aliphatic rings. The SMILES string of the molecule is CC(C)(C)c1ccc(-c2csc(NC(=O)/C=C/c3c(Cl)cccc3Cl)n2)cc1. The second-order valence-corrected chi connectivity index (χ2v) is 9.00. The van der Waals surface area contributed by atoms with Crippen LogP contribution in [0.25, 0.3) is 17.3 Å². The van der Waals surface area contributed by atoms with Crippen LogP contribution in [0, 0.1) is 0 Å². The van der Waals surface area contributed by atoms with E-state index in [-0.39, 0.29) is 11.3 Å². The highest BCUT2D eigenvalue weighted by atomic mass is 35.5. The van der Waals surface area contributed by atoms with Gasteiger partial charge in [0.2, 0.25) is 5.91 Å². The minimum absolute atomic E-state index is 0.108. The smallest absolute Gasteiger partial charge is 0.250 e. The molecule has 6 heteroatoms. The van der Waals surface area contributed by atoms with Crippen molar-refractivity contribution in [3.05, 3.63) is 75.1 Å². The molecule has 1 heterocycles. The molecule has 1 N–H and O–H groups in total. The van der Waals surface area contributed by atoms with Crippen LogP contribution in [0.4, 0.5) is 5.13 Å². The van der Waals surface area contributed by atoms with Gasteiger partial charge >= 0.3 is 0 Å². The summed E-state index contributed by atoms with van der Waals surface area (Å²) < 4.78 is 0. The van der Waals surface area contributed by atoms with E-state index in [0.29, 0.717) is 20.7 Å². The summed E-state index contributed by atoms with van der Waals surface area (Å²) in [5.74, 6) is -0.292. The molecule has 0 unspecified atom stereocenters. The minimum Gasteiger partial charge on any atom is -0.298 e. The van der Waals surface area contributed by atoms with E-state index in [1.165, 1.54) is 23.0 Å². The average Bonchev–Trinajstić information content (AvgIpc) is 3.09. The maximum Gasteiger partial charge on any atom is 0.250 e. The maximum atomic E-state index is 12.2. The van der Waals surface area contributed by atoms with Crippen molar-refractivity contribution in [1.82, 2.24) is 4.98 Å². The molecule has 0 bridgehead atoms. The Labute approximate surface area is 179 Å². The van der Waals surface area contributed by atoms with Crippen molar-refractivity contribution < 1.29 is 4.79 Å². The van der Waals surface area contributed by atoms with Crippen LogP contribution in [-0.2, 0) is 10.2 Å². The number of nitrogens with zero attached hydrogens (tertiary/aromatic N) is 1. The summed E-state index contributed by atoms with van der Waals surface area (Å²) in [7, 11) is 0. The predicted octanol–water partition coefficient (Wildman–Crippen LogP) is 7.07. The number of hydrogen-bond donors (Lipinski definition) is 1. The zero-order valence-electron chi connectivity index (χ0n) is 15.8. The fourth-order valence-corrected chi connectivity index (χ4v) is 3.83. The third-order valence-corrected chi connectivity index (χ3v) is 5.60. The molecule has 0 aliphatic heterocycles.